The van der Waals surface area contributed by atoms with Crippen molar-refractivity contribution >= 4 is 34.6 Å². The molecule has 18 heavy (non-hydrogen) atoms. The maximum Gasteiger partial charge on any atom is 0.326 e. The van der Waals surface area contributed by atoms with Crippen LogP contribution in [0, 0.1) is 0 Å². The number of nitrogens with one attached hydrogen (secondary N) is 2. The van der Waals surface area contributed by atoms with Crippen molar-refractivity contribution in [2.24, 2.45) is 0 Å². The number of esters is 1. The summed E-state index contributed by atoms with van der Waals surface area (Å²) in [5.41, 5.74) is 0. The van der Waals surface area contributed by atoms with Crippen molar-refractivity contribution in [1.82, 2.24) is 20.1 Å². The molecule has 0 aliphatic rings. The maximum absolute atomic E-state index is 11.4. The summed E-state index contributed by atoms with van der Waals surface area (Å²) < 4.78 is 7.71. The van der Waals surface area contributed by atoms with Gasteiger partial charge < -0.3 is 15.2 Å². The van der Waals surface area contributed by atoms with E-state index >= 15 is 0 Å². The summed E-state index contributed by atoms with van der Waals surface area (Å²) in [7, 11) is 1.12. The highest BCUT2D eigenvalue weighted by Gasteiger charge is 2.24. The summed E-state index contributed by atoms with van der Waals surface area (Å²) in [4.78, 5) is 33.1. The van der Waals surface area contributed by atoms with E-state index in [0.29, 0.717) is 0 Å². The maximum atomic E-state index is 11.4. The van der Waals surface area contributed by atoms with Crippen LogP contribution in [0.3, 0.4) is 0 Å². The van der Waals surface area contributed by atoms with E-state index in [9.17, 15) is 14.4 Å². The Labute approximate surface area is 104 Å². The van der Waals surface area contributed by atoms with Crippen LogP contribution in [0.4, 0.5) is 9.93 Å². The first-order chi connectivity index (χ1) is 8.52. The number of hydrogen-bond donors (Lipinski definition) is 3. The number of hydrogen-bond acceptors (Lipinski definition) is 8. The van der Waals surface area contributed by atoms with Gasteiger partial charge in [0, 0.05) is 11.5 Å². The van der Waals surface area contributed by atoms with Gasteiger partial charge in [-0.2, -0.15) is 0 Å². The lowest BCUT2D eigenvalue weighted by molar-refractivity contribution is -0.147. The van der Waals surface area contributed by atoms with Crippen LogP contribution in [0.15, 0.2) is 0 Å². The Morgan fingerprint density at radius 3 is 2.72 bits per heavy atom. The standard InChI is InChI=1S/C7H9N5O5S/c1-17-4(13)2-3(5(14)15)8-6(16)9-7-10-11-12-18-7/h3H,2H2,1H3,(H,14,15)(H2,8,9,10,12,16)/t3-/m0/s1. The second kappa shape index (κ2) is 6.44. The predicted molar refractivity (Wildman–Crippen MR) is 57.9 cm³/mol. The van der Waals surface area contributed by atoms with Crippen LogP contribution < -0.4 is 10.6 Å². The Hall–Kier alpha value is -2.30. The van der Waals surface area contributed by atoms with E-state index in [2.05, 4.69) is 30.2 Å². The zero-order valence-electron chi connectivity index (χ0n) is 9.11. The first kappa shape index (κ1) is 13.8. The van der Waals surface area contributed by atoms with Crippen LogP contribution >= 0.6 is 11.5 Å². The molecule has 1 heterocycles. The van der Waals surface area contributed by atoms with E-state index in [4.69, 9.17) is 5.11 Å². The van der Waals surface area contributed by atoms with E-state index in [0.717, 1.165) is 18.6 Å². The average Bonchev–Trinajstić information content (AvgIpc) is 2.80. The lowest BCUT2D eigenvalue weighted by Gasteiger charge is -2.12. The van der Waals surface area contributed by atoms with Crippen molar-refractivity contribution < 1.29 is 24.2 Å². The predicted octanol–water partition coefficient (Wildman–Crippen LogP) is -0.929. The lowest BCUT2D eigenvalue weighted by atomic mass is 10.2. The zero-order chi connectivity index (χ0) is 13.5. The quantitative estimate of drug-likeness (QED) is 0.585. The first-order valence-corrected chi connectivity index (χ1v) is 5.32. The molecule has 11 heteroatoms. The average molecular weight is 275 g/mol. The van der Waals surface area contributed by atoms with Crippen molar-refractivity contribution in [2.75, 3.05) is 12.4 Å². The number of carboxylic acid groups (broad SMARTS) is 1. The Kier molecular flexibility index (Phi) is 4.92. The molecule has 0 radical (unpaired) electrons. The Balaban J connectivity index is 2.52. The molecule has 98 valence electrons. The number of ether oxygens (including phenoxy) is 1. The fraction of sp³-hybridized carbons (Fsp3) is 0.429. The van der Waals surface area contributed by atoms with Gasteiger partial charge in [-0.25, -0.2) is 9.59 Å². The molecule has 0 spiro atoms. The molecule has 0 saturated carbocycles. The molecule has 0 saturated heterocycles. The molecule has 0 aliphatic heterocycles. The van der Waals surface area contributed by atoms with Gasteiger partial charge in [0.2, 0.25) is 5.13 Å². The lowest BCUT2D eigenvalue weighted by Crippen LogP contribution is -2.44. The molecule has 0 fully saturated rings. The number of anilines is 1. The van der Waals surface area contributed by atoms with Gasteiger partial charge >= 0.3 is 18.0 Å². The number of aromatic nitrogens is 3. The van der Waals surface area contributed by atoms with Gasteiger partial charge in [-0.05, 0) is 5.21 Å². The number of urea groups is 1. The van der Waals surface area contributed by atoms with Crippen LogP contribution in [0.1, 0.15) is 6.42 Å². The van der Waals surface area contributed by atoms with Crippen LogP contribution in [0.5, 0.6) is 0 Å². The molecule has 0 unspecified atom stereocenters. The van der Waals surface area contributed by atoms with Gasteiger partial charge in [0.25, 0.3) is 0 Å². The number of carboxylic acids is 1. The summed E-state index contributed by atoms with van der Waals surface area (Å²) >= 11 is 0.822. The Morgan fingerprint density at radius 1 is 1.50 bits per heavy atom. The number of carbonyl (C=O) groups excluding carboxylic acids is 2. The van der Waals surface area contributed by atoms with Crippen LogP contribution in [-0.2, 0) is 14.3 Å². The van der Waals surface area contributed by atoms with Crippen LogP contribution in [-0.4, -0.2) is 51.0 Å². The highest BCUT2D eigenvalue weighted by atomic mass is 32.1. The molecule has 1 atom stereocenters. The molecule has 2 amide bonds. The molecule has 0 aromatic carbocycles. The third-order valence-electron chi connectivity index (χ3n) is 1.72. The number of nitrogens with zero attached hydrogens (tertiary/aromatic N) is 3. The number of aliphatic carboxylic acids is 1. The van der Waals surface area contributed by atoms with Crippen molar-refractivity contribution in [2.45, 2.75) is 12.5 Å². The van der Waals surface area contributed by atoms with E-state index in [-0.39, 0.29) is 5.13 Å². The first-order valence-electron chi connectivity index (χ1n) is 4.55. The fourth-order valence-corrected chi connectivity index (χ4v) is 1.29. The summed E-state index contributed by atoms with van der Waals surface area (Å²) in [5.74, 6) is -2.11. The van der Waals surface area contributed by atoms with E-state index in [1.54, 1.807) is 0 Å². The van der Waals surface area contributed by atoms with Crippen molar-refractivity contribution in [1.29, 1.82) is 0 Å². The van der Waals surface area contributed by atoms with Gasteiger partial charge in [0.15, 0.2) is 0 Å². The van der Waals surface area contributed by atoms with Crippen LogP contribution in [0.2, 0.25) is 0 Å². The van der Waals surface area contributed by atoms with Gasteiger partial charge in [0.05, 0.1) is 13.5 Å². The van der Waals surface area contributed by atoms with E-state index in [1.165, 1.54) is 0 Å². The number of carbonyl (C=O) groups is 3. The molecule has 1 aromatic rings. The number of methoxy groups -OCH3 is 1. The normalized spacial score (nSPS) is 11.4. The third kappa shape index (κ3) is 4.29. The Bertz CT molecular complexity index is 435. The second-order valence-corrected chi connectivity index (χ2v) is 3.67. The molecule has 0 bridgehead atoms. The Morgan fingerprint density at radius 2 is 2.22 bits per heavy atom. The van der Waals surface area contributed by atoms with Gasteiger partial charge in [-0.15, -0.1) is 0 Å². The summed E-state index contributed by atoms with van der Waals surface area (Å²) in [6.45, 7) is 0. The molecule has 0 aliphatic carbocycles. The summed E-state index contributed by atoms with van der Waals surface area (Å²) in [6, 6.07) is -2.22. The summed E-state index contributed by atoms with van der Waals surface area (Å²) in [6.07, 6.45) is -0.479. The fourth-order valence-electron chi connectivity index (χ4n) is 0.923. The smallest absolute Gasteiger partial charge is 0.326 e. The second-order valence-electron chi connectivity index (χ2n) is 2.94. The number of amides is 2. The van der Waals surface area contributed by atoms with Gasteiger partial charge in [-0.1, -0.05) is 9.59 Å². The van der Waals surface area contributed by atoms with Gasteiger partial charge in [0.1, 0.15) is 6.04 Å². The number of rotatable bonds is 5. The highest BCUT2D eigenvalue weighted by Crippen LogP contribution is 2.04. The topological polar surface area (TPSA) is 143 Å². The minimum Gasteiger partial charge on any atom is -0.480 e. The van der Waals surface area contributed by atoms with Gasteiger partial charge in [-0.3, -0.25) is 10.1 Å². The SMILES string of the molecule is COC(=O)C[C@H](NC(=O)Nc1nnns1)C(=O)O. The molecule has 3 N–H and O–H groups in total. The monoisotopic (exact) mass is 275 g/mol. The van der Waals surface area contributed by atoms with Crippen molar-refractivity contribution in [3.8, 4) is 0 Å². The minimum absolute atomic E-state index is 0.106. The van der Waals surface area contributed by atoms with E-state index < -0.39 is 30.4 Å². The van der Waals surface area contributed by atoms with Crippen molar-refractivity contribution in [3.63, 3.8) is 0 Å². The molecule has 1 rings (SSSR count). The largest absolute Gasteiger partial charge is 0.480 e. The van der Waals surface area contributed by atoms with E-state index in [1.807, 2.05) is 0 Å². The molecule has 1 aromatic heterocycles. The molecular formula is C7H9N5O5S. The summed E-state index contributed by atoms with van der Waals surface area (Å²) in [5, 5.41) is 19.9. The highest BCUT2D eigenvalue weighted by molar-refractivity contribution is 7.09. The zero-order valence-corrected chi connectivity index (χ0v) is 9.93. The molecule has 10 nitrogen and oxygen atoms in total. The third-order valence-corrected chi connectivity index (χ3v) is 2.23. The minimum atomic E-state index is -1.39. The van der Waals surface area contributed by atoms with Crippen molar-refractivity contribution in [3.05, 3.63) is 0 Å². The van der Waals surface area contributed by atoms with Crippen LogP contribution in [0.25, 0.3) is 0 Å². The molecular weight excluding hydrogens is 266 g/mol.